The zero-order chi connectivity index (χ0) is 17.7. The number of carbonyl (C=O) groups excluding carboxylic acids is 2. The monoisotopic (exact) mass is 348 g/mol. The summed E-state index contributed by atoms with van der Waals surface area (Å²) in [5.41, 5.74) is 0.690. The summed E-state index contributed by atoms with van der Waals surface area (Å²) >= 11 is 5.79. The molecule has 0 spiro atoms. The number of ether oxygens (including phenoxy) is 3. The molecular weight excluding hydrogens is 332 g/mol. The number of carbonyl (C=O) groups is 2. The van der Waals surface area contributed by atoms with Crippen molar-refractivity contribution >= 4 is 23.4 Å². The fourth-order valence-corrected chi connectivity index (χ4v) is 2.22. The number of rotatable bonds is 6. The van der Waals surface area contributed by atoms with E-state index in [4.69, 9.17) is 25.8 Å². The van der Waals surface area contributed by atoms with Crippen molar-refractivity contribution in [1.29, 1.82) is 0 Å². The van der Waals surface area contributed by atoms with Gasteiger partial charge in [-0.15, -0.1) is 0 Å². The third-order valence-corrected chi connectivity index (χ3v) is 3.65. The van der Waals surface area contributed by atoms with E-state index in [1.807, 2.05) is 0 Å². The molecule has 0 unspecified atom stereocenters. The molecule has 0 aromatic heterocycles. The van der Waals surface area contributed by atoms with Gasteiger partial charge in [-0.25, -0.2) is 4.79 Å². The molecule has 0 heterocycles. The SMILES string of the molecule is COc1ccc(C(=O)O[C@@H](C)C(=O)c2ccc(Cl)cc2)cc1OC. The van der Waals surface area contributed by atoms with Crippen molar-refractivity contribution in [1.82, 2.24) is 0 Å². The van der Waals surface area contributed by atoms with E-state index in [-0.39, 0.29) is 11.3 Å². The molecule has 24 heavy (non-hydrogen) atoms. The number of benzene rings is 2. The van der Waals surface area contributed by atoms with Gasteiger partial charge in [0.25, 0.3) is 0 Å². The summed E-state index contributed by atoms with van der Waals surface area (Å²) in [7, 11) is 2.97. The van der Waals surface area contributed by atoms with Crippen molar-refractivity contribution in [3.8, 4) is 11.5 Å². The minimum Gasteiger partial charge on any atom is -0.493 e. The van der Waals surface area contributed by atoms with Gasteiger partial charge in [0.15, 0.2) is 17.6 Å². The average molecular weight is 349 g/mol. The van der Waals surface area contributed by atoms with Crippen molar-refractivity contribution in [3.05, 3.63) is 58.6 Å². The normalized spacial score (nSPS) is 11.5. The van der Waals surface area contributed by atoms with Crippen LogP contribution < -0.4 is 9.47 Å². The van der Waals surface area contributed by atoms with Gasteiger partial charge in [0.1, 0.15) is 0 Å². The first-order valence-electron chi connectivity index (χ1n) is 7.19. The number of Topliss-reactive ketones (excluding diaryl/α,β-unsaturated/α-hetero) is 1. The molecule has 0 N–H and O–H groups in total. The molecule has 0 aliphatic carbocycles. The second kappa shape index (κ2) is 7.84. The molecule has 2 aromatic carbocycles. The van der Waals surface area contributed by atoms with E-state index in [0.717, 1.165) is 0 Å². The molecule has 126 valence electrons. The summed E-state index contributed by atoms with van der Waals surface area (Å²) in [5.74, 6) is -0.0192. The van der Waals surface area contributed by atoms with Gasteiger partial charge in [-0.1, -0.05) is 11.6 Å². The summed E-state index contributed by atoms with van der Waals surface area (Å²) in [5, 5.41) is 0.529. The Bertz CT molecular complexity index is 740. The highest BCUT2D eigenvalue weighted by atomic mass is 35.5. The van der Waals surface area contributed by atoms with Crippen LogP contribution in [-0.2, 0) is 4.74 Å². The minimum atomic E-state index is -0.924. The van der Waals surface area contributed by atoms with Crippen molar-refractivity contribution < 1.29 is 23.8 Å². The van der Waals surface area contributed by atoms with Crippen LogP contribution in [0, 0.1) is 0 Å². The number of halogens is 1. The second-order valence-electron chi connectivity index (χ2n) is 4.99. The standard InChI is InChI=1S/C18H17ClO5/c1-11(17(20)12-4-7-14(19)8-5-12)24-18(21)13-6-9-15(22-2)16(10-13)23-3/h4-11H,1-3H3/t11-/m0/s1. The molecule has 1 atom stereocenters. The van der Waals surface area contributed by atoms with Crippen LogP contribution in [0.3, 0.4) is 0 Å². The molecule has 0 aliphatic rings. The van der Waals surface area contributed by atoms with Crippen LogP contribution >= 0.6 is 11.6 Å². The van der Waals surface area contributed by atoms with E-state index < -0.39 is 12.1 Å². The largest absolute Gasteiger partial charge is 0.493 e. The lowest BCUT2D eigenvalue weighted by Gasteiger charge is -2.13. The van der Waals surface area contributed by atoms with E-state index in [1.165, 1.54) is 27.2 Å². The van der Waals surface area contributed by atoms with Gasteiger partial charge in [-0.3, -0.25) is 4.79 Å². The number of hydrogen-bond acceptors (Lipinski definition) is 5. The Morgan fingerprint density at radius 2 is 1.50 bits per heavy atom. The molecule has 0 saturated carbocycles. The highest BCUT2D eigenvalue weighted by Gasteiger charge is 2.21. The van der Waals surface area contributed by atoms with Gasteiger partial charge in [0.05, 0.1) is 19.8 Å². The molecule has 0 amide bonds. The first-order chi connectivity index (χ1) is 11.5. The molecule has 2 aromatic rings. The summed E-state index contributed by atoms with van der Waals surface area (Å²) in [6.07, 6.45) is -0.924. The predicted molar refractivity (Wildman–Crippen MR) is 90.2 cm³/mol. The summed E-state index contributed by atoms with van der Waals surface area (Å²) in [6.45, 7) is 1.52. The van der Waals surface area contributed by atoms with Crippen LogP contribution in [-0.4, -0.2) is 32.1 Å². The Kier molecular flexibility index (Phi) is 5.82. The third kappa shape index (κ3) is 4.06. The Labute approximate surface area is 145 Å². The van der Waals surface area contributed by atoms with E-state index >= 15 is 0 Å². The summed E-state index contributed by atoms with van der Waals surface area (Å²) in [6, 6.07) is 11.0. The van der Waals surface area contributed by atoms with Gasteiger partial charge >= 0.3 is 5.97 Å². The maximum absolute atomic E-state index is 12.3. The Hall–Kier alpha value is -2.53. The highest BCUT2D eigenvalue weighted by molar-refractivity contribution is 6.30. The van der Waals surface area contributed by atoms with E-state index in [1.54, 1.807) is 36.4 Å². The quantitative estimate of drug-likeness (QED) is 0.587. The Morgan fingerprint density at radius 1 is 0.917 bits per heavy atom. The number of ketones is 1. The van der Waals surface area contributed by atoms with Gasteiger partial charge in [-0.05, 0) is 49.4 Å². The lowest BCUT2D eigenvalue weighted by Crippen LogP contribution is -2.24. The molecular formula is C18H17ClO5. The fraction of sp³-hybridized carbons (Fsp3) is 0.222. The van der Waals surface area contributed by atoms with Crippen molar-refractivity contribution in [3.63, 3.8) is 0 Å². The molecule has 6 heteroatoms. The number of hydrogen-bond donors (Lipinski definition) is 0. The number of esters is 1. The van der Waals surface area contributed by atoms with E-state index in [9.17, 15) is 9.59 Å². The first-order valence-corrected chi connectivity index (χ1v) is 7.57. The van der Waals surface area contributed by atoms with E-state index in [0.29, 0.717) is 22.1 Å². The smallest absolute Gasteiger partial charge is 0.338 e. The molecule has 0 radical (unpaired) electrons. The van der Waals surface area contributed by atoms with Crippen LogP contribution in [0.1, 0.15) is 27.6 Å². The van der Waals surface area contributed by atoms with Crippen LogP contribution in [0.2, 0.25) is 5.02 Å². The van der Waals surface area contributed by atoms with Crippen LogP contribution in [0.4, 0.5) is 0 Å². The van der Waals surface area contributed by atoms with E-state index in [2.05, 4.69) is 0 Å². The molecule has 2 rings (SSSR count). The molecule has 0 saturated heterocycles. The molecule has 0 aliphatic heterocycles. The summed E-state index contributed by atoms with van der Waals surface area (Å²) < 4.78 is 15.5. The lowest BCUT2D eigenvalue weighted by atomic mass is 10.1. The predicted octanol–water partition coefficient (Wildman–Crippen LogP) is 3.79. The van der Waals surface area contributed by atoms with Crippen molar-refractivity contribution in [2.24, 2.45) is 0 Å². The van der Waals surface area contributed by atoms with Crippen molar-refractivity contribution in [2.45, 2.75) is 13.0 Å². The zero-order valence-corrected chi connectivity index (χ0v) is 14.3. The van der Waals surface area contributed by atoms with Gasteiger partial charge in [0, 0.05) is 10.6 Å². The maximum Gasteiger partial charge on any atom is 0.338 e. The fourth-order valence-electron chi connectivity index (χ4n) is 2.09. The number of methoxy groups -OCH3 is 2. The van der Waals surface area contributed by atoms with Gasteiger partial charge in [0.2, 0.25) is 5.78 Å². The second-order valence-corrected chi connectivity index (χ2v) is 5.42. The lowest BCUT2D eigenvalue weighted by molar-refractivity contribution is 0.0318. The Morgan fingerprint density at radius 3 is 2.08 bits per heavy atom. The van der Waals surface area contributed by atoms with Crippen LogP contribution in [0.15, 0.2) is 42.5 Å². The Balaban J connectivity index is 2.11. The van der Waals surface area contributed by atoms with Crippen LogP contribution in [0.25, 0.3) is 0 Å². The topological polar surface area (TPSA) is 61.8 Å². The first kappa shape index (κ1) is 17.8. The summed E-state index contributed by atoms with van der Waals surface area (Å²) in [4.78, 5) is 24.5. The van der Waals surface area contributed by atoms with Gasteiger partial charge < -0.3 is 14.2 Å². The maximum atomic E-state index is 12.3. The van der Waals surface area contributed by atoms with Crippen molar-refractivity contribution in [2.75, 3.05) is 14.2 Å². The molecule has 0 fully saturated rings. The highest BCUT2D eigenvalue weighted by Crippen LogP contribution is 2.28. The zero-order valence-electron chi connectivity index (χ0n) is 13.5. The average Bonchev–Trinajstić information content (AvgIpc) is 2.60. The van der Waals surface area contributed by atoms with Gasteiger partial charge in [-0.2, -0.15) is 0 Å². The van der Waals surface area contributed by atoms with Crippen LogP contribution in [0.5, 0.6) is 11.5 Å². The molecule has 5 nitrogen and oxygen atoms in total. The third-order valence-electron chi connectivity index (χ3n) is 3.40. The minimum absolute atomic E-state index is 0.267. The molecule has 0 bridgehead atoms.